The smallest absolute Gasteiger partial charge is 0.224 e. The summed E-state index contributed by atoms with van der Waals surface area (Å²) in [5.41, 5.74) is 7.92. The van der Waals surface area contributed by atoms with Gasteiger partial charge in [0, 0.05) is 38.9 Å². The van der Waals surface area contributed by atoms with Crippen molar-refractivity contribution in [2.24, 2.45) is 11.7 Å². The summed E-state index contributed by atoms with van der Waals surface area (Å²) in [7, 11) is 3.58. The number of anilines is 1. The second kappa shape index (κ2) is 6.35. The summed E-state index contributed by atoms with van der Waals surface area (Å²) in [6, 6.07) is 1.95. The second-order valence-corrected chi connectivity index (χ2v) is 4.53. The van der Waals surface area contributed by atoms with Crippen molar-refractivity contribution in [3.05, 3.63) is 23.4 Å². The van der Waals surface area contributed by atoms with E-state index >= 15 is 0 Å². The molecule has 0 aromatic carbocycles. The van der Waals surface area contributed by atoms with Crippen LogP contribution in [-0.4, -0.2) is 31.5 Å². The molecular formula is C13H22N4O. The number of carbonyl (C=O) groups excluding carboxylic acids is 1. The van der Waals surface area contributed by atoms with Gasteiger partial charge in [-0.3, -0.25) is 4.79 Å². The molecule has 3 N–H and O–H groups in total. The van der Waals surface area contributed by atoms with Gasteiger partial charge in [0.2, 0.25) is 5.91 Å². The SMILES string of the molecule is CNC(=O)C(C)CN(C)c1nccc(C)c1CN. The number of amides is 1. The van der Waals surface area contributed by atoms with E-state index in [0.717, 1.165) is 16.9 Å². The van der Waals surface area contributed by atoms with Crippen LogP contribution >= 0.6 is 0 Å². The number of hydrogen-bond acceptors (Lipinski definition) is 4. The first-order chi connectivity index (χ1) is 8.51. The highest BCUT2D eigenvalue weighted by molar-refractivity contribution is 5.78. The van der Waals surface area contributed by atoms with Gasteiger partial charge in [-0.25, -0.2) is 4.98 Å². The summed E-state index contributed by atoms with van der Waals surface area (Å²) in [4.78, 5) is 17.9. The number of nitrogens with zero attached hydrogens (tertiary/aromatic N) is 2. The predicted octanol–water partition coefficient (Wildman–Crippen LogP) is 0.667. The molecule has 0 radical (unpaired) electrons. The molecule has 0 fully saturated rings. The lowest BCUT2D eigenvalue weighted by molar-refractivity contribution is -0.123. The van der Waals surface area contributed by atoms with E-state index in [9.17, 15) is 4.79 Å². The molecule has 18 heavy (non-hydrogen) atoms. The van der Waals surface area contributed by atoms with Crippen LogP contribution in [0.1, 0.15) is 18.1 Å². The second-order valence-electron chi connectivity index (χ2n) is 4.53. The van der Waals surface area contributed by atoms with Gasteiger partial charge in [0.1, 0.15) is 5.82 Å². The van der Waals surface area contributed by atoms with Crippen LogP contribution < -0.4 is 16.0 Å². The van der Waals surface area contributed by atoms with E-state index in [2.05, 4.69) is 10.3 Å². The zero-order valence-electron chi connectivity index (χ0n) is 11.5. The van der Waals surface area contributed by atoms with Crippen molar-refractivity contribution in [1.29, 1.82) is 0 Å². The summed E-state index contributed by atoms with van der Waals surface area (Å²) < 4.78 is 0. The molecule has 100 valence electrons. The van der Waals surface area contributed by atoms with Gasteiger partial charge in [-0.15, -0.1) is 0 Å². The van der Waals surface area contributed by atoms with Crippen molar-refractivity contribution in [2.75, 3.05) is 25.5 Å². The van der Waals surface area contributed by atoms with E-state index in [1.807, 2.05) is 31.9 Å². The van der Waals surface area contributed by atoms with Gasteiger partial charge in [-0.05, 0) is 18.6 Å². The van der Waals surface area contributed by atoms with Crippen molar-refractivity contribution < 1.29 is 4.79 Å². The van der Waals surface area contributed by atoms with E-state index in [0.29, 0.717) is 13.1 Å². The molecule has 0 spiro atoms. The third kappa shape index (κ3) is 3.20. The van der Waals surface area contributed by atoms with Crippen LogP contribution in [0.5, 0.6) is 0 Å². The molecule has 0 aliphatic carbocycles. The van der Waals surface area contributed by atoms with Gasteiger partial charge in [0.25, 0.3) is 0 Å². The molecule has 0 saturated carbocycles. The number of carbonyl (C=O) groups is 1. The average Bonchev–Trinajstić information content (AvgIpc) is 2.37. The fourth-order valence-electron chi connectivity index (χ4n) is 1.98. The Morgan fingerprint density at radius 2 is 2.28 bits per heavy atom. The lowest BCUT2D eigenvalue weighted by Gasteiger charge is -2.24. The minimum atomic E-state index is -0.0899. The maximum atomic E-state index is 11.5. The summed E-state index contributed by atoms with van der Waals surface area (Å²) in [5.74, 6) is 0.796. The zero-order valence-corrected chi connectivity index (χ0v) is 11.5. The van der Waals surface area contributed by atoms with Crippen LogP contribution in [0.25, 0.3) is 0 Å². The van der Waals surface area contributed by atoms with Gasteiger partial charge in [-0.1, -0.05) is 6.92 Å². The predicted molar refractivity (Wildman–Crippen MR) is 73.4 cm³/mol. The van der Waals surface area contributed by atoms with Crippen LogP contribution in [-0.2, 0) is 11.3 Å². The van der Waals surface area contributed by atoms with Gasteiger partial charge >= 0.3 is 0 Å². The Kier molecular flexibility index (Phi) is 5.09. The Labute approximate surface area is 108 Å². The van der Waals surface area contributed by atoms with Gasteiger partial charge in [0.05, 0.1) is 5.92 Å². The monoisotopic (exact) mass is 250 g/mol. The van der Waals surface area contributed by atoms with Crippen LogP contribution in [0.4, 0.5) is 5.82 Å². The fourth-order valence-corrected chi connectivity index (χ4v) is 1.98. The van der Waals surface area contributed by atoms with Crippen molar-refractivity contribution in [1.82, 2.24) is 10.3 Å². The molecule has 1 unspecified atom stereocenters. The van der Waals surface area contributed by atoms with Crippen molar-refractivity contribution in [3.8, 4) is 0 Å². The molecule has 1 amide bonds. The number of aryl methyl sites for hydroxylation is 1. The molecule has 5 heteroatoms. The third-order valence-corrected chi connectivity index (χ3v) is 3.07. The molecule has 1 heterocycles. The largest absolute Gasteiger partial charge is 0.359 e. The Hall–Kier alpha value is -1.62. The first-order valence-corrected chi connectivity index (χ1v) is 6.08. The topological polar surface area (TPSA) is 71.2 Å². The summed E-state index contributed by atoms with van der Waals surface area (Å²) >= 11 is 0. The number of nitrogens with two attached hydrogens (primary N) is 1. The van der Waals surface area contributed by atoms with E-state index in [1.165, 1.54) is 0 Å². The number of aromatic nitrogens is 1. The molecule has 0 aliphatic rings. The molecule has 5 nitrogen and oxygen atoms in total. The van der Waals surface area contributed by atoms with E-state index in [1.54, 1.807) is 13.2 Å². The maximum Gasteiger partial charge on any atom is 0.224 e. The molecule has 0 bridgehead atoms. The van der Waals surface area contributed by atoms with Crippen LogP contribution in [0.3, 0.4) is 0 Å². The van der Waals surface area contributed by atoms with Crippen molar-refractivity contribution >= 4 is 11.7 Å². The molecular weight excluding hydrogens is 228 g/mol. The zero-order chi connectivity index (χ0) is 13.7. The highest BCUT2D eigenvalue weighted by Gasteiger charge is 2.16. The number of nitrogens with one attached hydrogen (secondary N) is 1. The number of pyridine rings is 1. The molecule has 0 aliphatic heterocycles. The van der Waals surface area contributed by atoms with Crippen molar-refractivity contribution in [3.63, 3.8) is 0 Å². The van der Waals surface area contributed by atoms with Crippen LogP contribution in [0.15, 0.2) is 12.3 Å². The quantitative estimate of drug-likeness (QED) is 0.805. The number of hydrogen-bond donors (Lipinski definition) is 2. The number of rotatable bonds is 5. The van der Waals surface area contributed by atoms with Gasteiger partial charge in [-0.2, -0.15) is 0 Å². The lowest BCUT2D eigenvalue weighted by Crippen LogP contribution is -2.35. The lowest BCUT2D eigenvalue weighted by atomic mass is 10.1. The molecule has 0 saturated heterocycles. The maximum absolute atomic E-state index is 11.5. The molecule has 1 rings (SSSR count). The Morgan fingerprint density at radius 1 is 1.61 bits per heavy atom. The van der Waals surface area contributed by atoms with Crippen LogP contribution in [0, 0.1) is 12.8 Å². The minimum absolute atomic E-state index is 0.0313. The molecule has 1 aromatic heterocycles. The normalized spacial score (nSPS) is 12.1. The van der Waals surface area contributed by atoms with Crippen molar-refractivity contribution in [2.45, 2.75) is 20.4 Å². The van der Waals surface area contributed by atoms with Gasteiger partial charge < -0.3 is 16.0 Å². The first-order valence-electron chi connectivity index (χ1n) is 6.08. The van der Waals surface area contributed by atoms with E-state index in [4.69, 9.17) is 5.73 Å². The minimum Gasteiger partial charge on any atom is -0.359 e. The highest BCUT2D eigenvalue weighted by Crippen LogP contribution is 2.20. The summed E-state index contributed by atoms with van der Waals surface area (Å²) in [6.07, 6.45) is 1.77. The standard InChI is InChI=1S/C13H22N4O/c1-9-5-6-16-12(11(9)7-14)17(4)8-10(2)13(18)15-3/h5-6,10H,7-8,14H2,1-4H3,(H,15,18). The summed E-state index contributed by atoms with van der Waals surface area (Å²) in [6.45, 7) is 4.98. The highest BCUT2D eigenvalue weighted by atomic mass is 16.1. The Morgan fingerprint density at radius 3 is 2.83 bits per heavy atom. The third-order valence-electron chi connectivity index (χ3n) is 3.07. The average molecular weight is 250 g/mol. The first kappa shape index (κ1) is 14.4. The summed E-state index contributed by atoms with van der Waals surface area (Å²) in [5, 5.41) is 2.65. The van der Waals surface area contributed by atoms with E-state index < -0.39 is 0 Å². The molecule has 1 atom stereocenters. The Balaban J connectivity index is 2.87. The Bertz CT molecular complexity index is 419. The van der Waals surface area contributed by atoms with E-state index in [-0.39, 0.29) is 11.8 Å². The van der Waals surface area contributed by atoms with Crippen LogP contribution in [0.2, 0.25) is 0 Å². The van der Waals surface area contributed by atoms with Gasteiger partial charge in [0.15, 0.2) is 0 Å². The molecule has 1 aromatic rings. The fraction of sp³-hybridized carbons (Fsp3) is 0.538.